The van der Waals surface area contributed by atoms with E-state index in [-0.39, 0.29) is 16.7 Å². The van der Waals surface area contributed by atoms with E-state index in [0.717, 1.165) is 18.6 Å². The summed E-state index contributed by atoms with van der Waals surface area (Å²) in [4.78, 5) is -0.293. The molecule has 0 saturated carbocycles. The quantitative estimate of drug-likeness (QED) is 0.837. The van der Waals surface area contributed by atoms with Crippen LogP contribution in [-0.4, -0.2) is 25.8 Å². The molecule has 3 nitrogen and oxygen atoms in total. The van der Waals surface area contributed by atoms with E-state index < -0.39 is 21.8 Å². The van der Waals surface area contributed by atoms with Gasteiger partial charge in [0.2, 0.25) is 10.0 Å². The normalized spacial score (nSPS) is 25.0. The summed E-state index contributed by atoms with van der Waals surface area (Å²) in [6.07, 6.45) is -3.62. The number of rotatable bonds is 2. The number of nitrogens with zero attached hydrogens (tertiary/aromatic N) is 1. The van der Waals surface area contributed by atoms with Crippen molar-refractivity contribution in [1.82, 2.24) is 4.31 Å². The van der Waals surface area contributed by atoms with Crippen LogP contribution in [0.3, 0.4) is 0 Å². The molecular formula is C14H18F3NO2S. The highest BCUT2D eigenvalue weighted by Gasteiger charge is 2.35. The fourth-order valence-corrected chi connectivity index (χ4v) is 4.51. The molecule has 1 aliphatic rings. The van der Waals surface area contributed by atoms with Gasteiger partial charge >= 0.3 is 6.18 Å². The number of hydrogen-bond donors (Lipinski definition) is 0. The van der Waals surface area contributed by atoms with E-state index in [2.05, 4.69) is 0 Å². The van der Waals surface area contributed by atoms with Gasteiger partial charge in [0, 0.05) is 13.1 Å². The van der Waals surface area contributed by atoms with E-state index in [1.54, 1.807) is 0 Å². The van der Waals surface area contributed by atoms with Crippen LogP contribution in [0.15, 0.2) is 29.2 Å². The first-order valence-corrected chi connectivity index (χ1v) is 8.22. The standard InChI is InChI=1S/C14H18F3NO2S/c1-10-6-11(2)9-18(8-10)21(19,20)13-5-3-4-12(7-13)14(15,16)17/h3-5,7,10-11H,6,8-9H2,1-2H3/t10-,11+. The highest BCUT2D eigenvalue weighted by atomic mass is 32.2. The van der Waals surface area contributed by atoms with Crippen molar-refractivity contribution < 1.29 is 21.6 Å². The van der Waals surface area contributed by atoms with Gasteiger partial charge in [0.1, 0.15) is 0 Å². The molecule has 0 unspecified atom stereocenters. The minimum atomic E-state index is -4.55. The first kappa shape index (κ1) is 16.3. The maximum Gasteiger partial charge on any atom is 0.416 e. The van der Waals surface area contributed by atoms with Gasteiger partial charge in [-0.1, -0.05) is 19.9 Å². The van der Waals surface area contributed by atoms with E-state index in [4.69, 9.17) is 0 Å². The lowest BCUT2D eigenvalue weighted by atomic mass is 9.94. The van der Waals surface area contributed by atoms with Crippen molar-refractivity contribution in [2.75, 3.05) is 13.1 Å². The molecule has 1 heterocycles. The smallest absolute Gasteiger partial charge is 0.207 e. The van der Waals surface area contributed by atoms with E-state index in [0.29, 0.717) is 19.2 Å². The van der Waals surface area contributed by atoms with Gasteiger partial charge < -0.3 is 0 Å². The lowest BCUT2D eigenvalue weighted by molar-refractivity contribution is -0.137. The summed E-state index contributed by atoms with van der Waals surface area (Å²) in [5.41, 5.74) is -0.943. The van der Waals surface area contributed by atoms with Crippen molar-refractivity contribution >= 4 is 10.0 Å². The number of sulfonamides is 1. The van der Waals surface area contributed by atoms with Crippen LogP contribution in [0, 0.1) is 11.8 Å². The molecule has 2 rings (SSSR count). The van der Waals surface area contributed by atoms with Gasteiger partial charge in [-0.3, -0.25) is 0 Å². The Balaban J connectivity index is 2.36. The third-order valence-electron chi connectivity index (χ3n) is 3.63. The summed E-state index contributed by atoms with van der Waals surface area (Å²) in [5.74, 6) is 0.406. The third kappa shape index (κ3) is 3.58. The van der Waals surface area contributed by atoms with Crippen LogP contribution in [0.5, 0.6) is 0 Å². The molecule has 0 spiro atoms. The lowest BCUT2D eigenvalue weighted by Crippen LogP contribution is -2.42. The van der Waals surface area contributed by atoms with Crippen molar-refractivity contribution in [3.05, 3.63) is 29.8 Å². The molecule has 1 saturated heterocycles. The van der Waals surface area contributed by atoms with Crippen LogP contribution in [0.25, 0.3) is 0 Å². The second kappa shape index (κ2) is 5.61. The van der Waals surface area contributed by atoms with E-state index >= 15 is 0 Å². The molecule has 1 fully saturated rings. The zero-order valence-electron chi connectivity index (χ0n) is 11.9. The fraction of sp³-hybridized carbons (Fsp3) is 0.571. The van der Waals surface area contributed by atoms with Crippen LogP contribution >= 0.6 is 0 Å². The summed E-state index contributed by atoms with van der Waals surface area (Å²) in [7, 11) is -3.88. The van der Waals surface area contributed by atoms with E-state index in [1.807, 2.05) is 13.8 Å². The predicted molar refractivity (Wildman–Crippen MR) is 73.1 cm³/mol. The molecule has 1 aromatic rings. The average molecular weight is 321 g/mol. The Morgan fingerprint density at radius 3 is 2.24 bits per heavy atom. The van der Waals surface area contributed by atoms with Gasteiger partial charge in [-0.25, -0.2) is 8.42 Å². The zero-order chi connectivity index (χ0) is 15.8. The molecule has 21 heavy (non-hydrogen) atoms. The molecule has 0 radical (unpaired) electrons. The molecule has 1 aromatic carbocycles. The van der Waals surface area contributed by atoms with Gasteiger partial charge in [-0.05, 0) is 36.5 Å². The van der Waals surface area contributed by atoms with Gasteiger partial charge in [0.25, 0.3) is 0 Å². The average Bonchev–Trinajstić information content (AvgIpc) is 2.36. The van der Waals surface area contributed by atoms with Crippen LogP contribution < -0.4 is 0 Å². The van der Waals surface area contributed by atoms with Gasteiger partial charge in [0.15, 0.2) is 0 Å². The van der Waals surface area contributed by atoms with E-state index in [9.17, 15) is 21.6 Å². The highest BCUT2D eigenvalue weighted by molar-refractivity contribution is 7.89. The molecule has 0 N–H and O–H groups in total. The van der Waals surface area contributed by atoms with Crippen LogP contribution in [0.1, 0.15) is 25.8 Å². The highest BCUT2D eigenvalue weighted by Crippen LogP contribution is 2.32. The number of piperidine rings is 1. The van der Waals surface area contributed by atoms with Crippen molar-refractivity contribution in [2.24, 2.45) is 11.8 Å². The van der Waals surface area contributed by atoms with Crippen molar-refractivity contribution in [2.45, 2.75) is 31.3 Å². The fourth-order valence-electron chi connectivity index (χ4n) is 2.78. The second-order valence-electron chi connectivity index (χ2n) is 5.79. The molecule has 1 aliphatic heterocycles. The number of hydrogen-bond acceptors (Lipinski definition) is 2. The van der Waals surface area contributed by atoms with Crippen LogP contribution in [-0.2, 0) is 16.2 Å². The van der Waals surface area contributed by atoms with Crippen molar-refractivity contribution in [3.8, 4) is 0 Å². The summed E-state index contributed by atoms with van der Waals surface area (Å²) >= 11 is 0. The number of alkyl halides is 3. The Hall–Kier alpha value is -1.08. The summed E-state index contributed by atoms with van der Waals surface area (Å²) < 4.78 is 64.5. The molecule has 7 heteroatoms. The lowest BCUT2D eigenvalue weighted by Gasteiger charge is -2.34. The van der Waals surface area contributed by atoms with Gasteiger partial charge in [0.05, 0.1) is 10.5 Å². The topological polar surface area (TPSA) is 37.4 Å². The van der Waals surface area contributed by atoms with Gasteiger partial charge in [-0.2, -0.15) is 17.5 Å². The Morgan fingerprint density at radius 2 is 1.71 bits per heavy atom. The minimum absolute atomic E-state index is 0.203. The zero-order valence-corrected chi connectivity index (χ0v) is 12.7. The molecule has 2 atom stereocenters. The maximum atomic E-state index is 12.7. The Morgan fingerprint density at radius 1 is 1.14 bits per heavy atom. The molecule has 0 aromatic heterocycles. The number of benzene rings is 1. The maximum absolute atomic E-state index is 12.7. The molecule has 0 amide bonds. The predicted octanol–water partition coefficient (Wildman–Crippen LogP) is 3.37. The molecule has 118 valence electrons. The summed E-state index contributed by atoms with van der Waals surface area (Å²) in [5, 5.41) is 0. The Labute approximate surface area is 122 Å². The SMILES string of the molecule is C[C@@H]1C[C@H](C)CN(S(=O)(=O)c2cccc(C(F)(F)F)c2)C1. The molecular weight excluding hydrogens is 303 g/mol. The minimum Gasteiger partial charge on any atom is -0.207 e. The molecule has 0 aliphatic carbocycles. The molecule has 0 bridgehead atoms. The Kier molecular flexibility index (Phi) is 4.35. The van der Waals surface area contributed by atoms with Gasteiger partial charge in [-0.15, -0.1) is 0 Å². The van der Waals surface area contributed by atoms with Crippen LogP contribution in [0.2, 0.25) is 0 Å². The Bertz CT molecular complexity index is 603. The van der Waals surface area contributed by atoms with Crippen molar-refractivity contribution in [1.29, 1.82) is 0 Å². The largest absolute Gasteiger partial charge is 0.416 e. The summed E-state index contributed by atoms with van der Waals surface area (Å²) in [6, 6.07) is 3.93. The first-order chi connectivity index (χ1) is 9.60. The monoisotopic (exact) mass is 321 g/mol. The summed E-state index contributed by atoms with van der Waals surface area (Å²) in [6.45, 7) is 4.60. The first-order valence-electron chi connectivity index (χ1n) is 6.78. The van der Waals surface area contributed by atoms with E-state index in [1.165, 1.54) is 10.4 Å². The van der Waals surface area contributed by atoms with Crippen LogP contribution in [0.4, 0.5) is 13.2 Å². The van der Waals surface area contributed by atoms with Crippen molar-refractivity contribution in [3.63, 3.8) is 0 Å². The second-order valence-corrected chi connectivity index (χ2v) is 7.73. The third-order valence-corrected chi connectivity index (χ3v) is 5.46. The number of halogens is 3.